The third-order valence-corrected chi connectivity index (χ3v) is 5.59. The predicted octanol–water partition coefficient (Wildman–Crippen LogP) is 2.20. The maximum Gasteiger partial charge on any atom is 0.332 e. The third-order valence-electron chi connectivity index (χ3n) is 5.59. The maximum absolute atomic E-state index is 13.9. The van der Waals surface area contributed by atoms with E-state index >= 15 is 0 Å². The van der Waals surface area contributed by atoms with Gasteiger partial charge in [-0.25, -0.2) is 13.6 Å². The number of amides is 1. The molecule has 2 bridgehead atoms. The summed E-state index contributed by atoms with van der Waals surface area (Å²) in [6, 6.07) is 0. The average molecular weight is 331 g/mol. The molecular weight excluding hydrogens is 308 g/mol. The lowest BCUT2D eigenvalue weighted by molar-refractivity contribution is -0.159. The van der Waals surface area contributed by atoms with Crippen molar-refractivity contribution in [3.05, 3.63) is 0 Å². The van der Waals surface area contributed by atoms with Gasteiger partial charge in [-0.15, -0.1) is 0 Å². The minimum absolute atomic E-state index is 0.196. The van der Waals surface area contributed by atoms with Crippen molar-refractivity contribution in [2.75, 3.05) is 6.54 Å². The van der Waals surface area contributed by atoms with Crippen molar-refractivity contribution in [3.63, 3.8) is 0 Å². The summed E-state index contributed by atoms with van der Waals surface area (Å²) >= 11 is 0. The summed E-state index contributed by atoms with van der Waals surface area (Å²) < 4.78 is 33.2. The normalized spacial score (nSPS) is 39.0. The van der Waals surface area contributed by atoms with Crippen LogP contribution in [0.3, 0.4) is 0 Å². The smallest absolute Gasteiger partial charge is 0.332 e. The molecule has 0 aromatic rings. The Morgan fingerprint density at radius 1 is 1.13 bits per heavy atom. The lowest BCUT2D eigenvalue weighted by Gasteiger charge is -2.35. The molecule has 1 heterocycles. The molecule has 0 spiro atoms. The number of carboxylic acid groups (broad SMARTS) is 1. The first kappa shape index (κ1) is 16.6. The first-order valence-electron chi connectivity index (χ1n) is 8.41. The number of carbonyl (C=O) groups excluding carboxylic acids is 1. The van der Waals surface area contributed by atoms with Crippen LogP contribution >= 0.6 is 0 Å². The number of ether oxygens (including phenoxy) is 1. The molecule has 0 aromatic carbocycles. The highest BCUT2D eigenvalue weighted by Crippen LogP contribution is 2.54. The van der Waals surface area contributed by atoms with Crippen LogP contribution in [0.2, 0.25) is 0 Å². The summed E-state index contributed by atoms with van der Waals surface area (Å²) in [5.74, 6) is -5.48. The molecule has 1 aliphatic heterocycles. The molecule has 1 saturated heterocycles. The van der Waals surface area contributed by atoms with E-state index in [1.54, 1.807) is 0 Å². The Bertz CT molecular complexity index is 469. The number of aliphatic carboxylic acids is 1. The van der Waals surface area contributed by atoms with Crippen LogP contribution in [-0.2, 0) is 14.3 Å². The van der Waals surface area contributed by atoms with E-state index in [9.17, 15) is 18.4 Å². The number of nitrogens with one attached hydrogen (secondary N) is 1. The quantitative estimate of drug-likeness (QED) is 0.828. The van der Waals surface area contributed by atoms with E-state index in [1.165, 1.54) is 0 Å². The number of rotatable bonds is 4. The van der Waals surface area contributed by atoms with Crippen molar-refractivity contribution in [2.45, 2.75) is 63.1 Å². The summed E-state index contributed by atoms with van der Waals surface area (Å²) in [6.45, 7) is 0.255. The highest BCUT2D eigenvalue weighted by molar-refractivity contribution is 5.79. The molecule has 1 unspecified atom stereocenters. The van der Waals surface area contributed by atoms with E-state index in [2.05, 4.69) is 5.32 Å². The van der Waals surface area contributed by atoms with Crippen molar-refractivity contribution in [1.82, 2.24) is 5.32 Å². The van der Waals surface area contributed by atoms with Gasteiger partial charge in [-0.1, -0.05) is 0 Å². The number of alkyl halides is 2. The number of carbonyl (C=O) groups is 2. The summed E-state index contributed by atoms with van der Waals surface area (Å²) in [6.07, 6.45) is 2.33. The van der Waals surface area contributed by atoms with Crippen molar-refractivity contribution in [3.8, 4) is 0 Å². The van der Waals surface area contributed by atoms with Gasteiger partial charge in [-0.3, -0.25) is 4.79 Å². The Morgan fingerprint density at radius 3 is 2.39 bits per heavy atom. The first-order valence-corrected chi connectivity index (χ1v) is 8.41. The molecule has 2 N–H and O–H groups in total. The fourth-order valence-corrected chi connectivity index (χ4v) is 4.26. The van der Waals surface area contributed by atoms with Gasteiger partial charge < -0.3 is 15.2 Å². The Labute approximate surface area is 133 Å². The average Bonchev–Trinajstić information content (AvgIpc) is 2.71. The van der Waals surface area contributed by atoms with Crippen LogP contribution in [-0.4, -0.2) is 41.7 Å². The molecule has 0 aromatic heterocycles. The Kier molecular flexibility index (Phi) is 4.58. The Morgan fingerprint density at radius 2 is 1.78 bits per heavy atom. The number of fused-ring (bicyclic) bond motifs is 2. The summed E-state index contributed by atoms with van der Waals surface area (Å²) in [5, 5.41) is 11.7. The lowest BCUT2D eigenvalue weighted by atomic mass is 9.77. The number of carboxylic acids is 1. The van der Waals surface area contributed by atoms with Crippen LogP contribution in [0.15, 0.2) is 0 Å². The minimum atomic E-state index is -2.61. The maximum atomic E-state index is 13.9. The predicted molar refractivity (Wildman–Crippen MR) is 77.0 cm³/mol. The zero-order chi connectivity index (χ0) is 16.6. The molecule has 3 rings (SSSR count). The Hall–Kier alpha value is -1.24. The fourth-order valence-electron chi connectivity index (χ4n) is 4.26. The summed E-state index contributed by atoms with van der Waals surface area (Å²) in [4.78, 5) is 23.2. The molecule has 23 heavy (non-hydrogen) atoms. The van der Waals surface area contributed by atoms with Crippen LogP contribution < -0.4 is 5.32 Å². The summed E-state index contributed by atoms with van der Waals surface area (Å²) in [5.41, 5.74) is 0. The van der Waals surface area contributed by atoms with Crippen LogP contribution in [0.25, 0.3) is 0 Å². The highest BCUT2D eigenvalue weighted by atomic mass is 19.3. The topological polar surface area (TPSA) is 75.6 Å². The largest absolute Gasteiger partial charge is 0.479 e. The third kappa shape index (κ3) is 3.34. The molecule has 130 valence electrons. The second kappa shape index (κ2) is 6.34. The van der Waals surface area contributed by atoms with Crippen molar-refractivity contribution < 1.29 is 28.2 Å². The van der Waals surface area contributed by atoms with Gasteiger partial charge in [-0.2, -0.15) is 0 Å². The van der Waals surface area contributed by atoms with Crippen LogP contribution in [0, 0.1) is 17.8 Å². The Balaban J connectivity index is 1.48. The zero-order valence-electron chi connectivity index (χ0n) is 13.0. The SMILES string of the molecule is O=C(NC[C@H]1CCC[C@@H](C(=O)O)O1)C1C[C@H]2CC[C@@H](C1)C2(F)F. The van der Waals surface area contributed by atoms with Gasteiger partial charge in [0.15, 0.2) is 6.10 Å². The van der Waals surface area contributed by atoms with Gasteiger partial charge in [0.05, 0.1) is 6.10 Å². The number of halogens is 2. The highest BCUT2D eigenvalue weighted by Gasteiger charge is 2.56. The monoisotopic (exact) mass is 331 g/mol. The number of hydrogen-bond acceptors (Lipinski definition) is 3. The van der Waals surface area contributed by atoms with E-state index < -0.39 is 29.8 Å². The van der Waals surface area contributed by atoms with E-state index in [0.717, 1.165) is 6.42 Å². The molecule has 3 fully saturated rings. The van der Waals surface area contributed by atoms with E-state index in [1.807, 2.05) is 0 Å². The second-order valence-corrected chi connectivity index (χ2v) is 7.08. The molecular formula is C16H23F2NO4. The molecule has 2 saturated carbocycles. The van der Waals surface area contributed by atoms with Crippen molar-refractivity contribution >= 4 is 11.9 Å². The molecule has 7 heteroatoms. The van der Waals surface area contributed by atoms with E-state index in [4.69, 9.17) is 9.84 Å². The van der Waals surface area contributed by atoms with Gasteiger partial charge in [-0.05, 0) is 44.9 Å². The van der Waals surface area contributed by atoms with Crippen molar-refractivity contribution in [1.29, 1.82) is 0 Å². The summed E-state index contributed by atoms with van der Waals surface area (Å²) in [7, 11) is 0. The lowest BCUT2D eigenvalue weighted by Crippen LogP contribution is -2.45. The van der Waals surface area contributed by atoms with Crippen LogP contribution in [0.4, 0.5) is 8.78 Å². The van der Waals surface area contributed by atoms with E-state index in [-0.39, 0.29) is 37.3 Å². The molecule has 5 nitrogen and oxygen atoms in total. The molecule has 3 aliphatic rings. The van der Waals surface area contributed by atoms with Crippen LogP contribution in [0.1, 0.15) is 44.9 Å². The second-order valence-electron chi connectivity index (χ2n) is 7.08. The standard InChI is InChI=1S/C16H23F2NO4/c17-16(18)10-4-5-11(16)7-9(6-10)14(20)19-8-12-2-1-3-13(23-12)15(21)22/h9-13H,1-8H2,(H,19,20)(H,21,22)/t9?,10-,11+,12-,13+/m1/s1. The van der Waals surface area contributed by atoms with Gasteiger partial charge in [0.2, 0.25) is 5.91 Å². The molecule has 1 amide bonds. The van der Waals surface area contributed by atoms with Gasteiger partial charge >= 0.3 is 5.97 Å². The van der Waals surface area contributed by atoms with Gasteiger partial charge in [0, 0.05) is 24.3 Å². The molecule has 5 atom stereocenters. The van der Waals surface area contributed by atoms with Crippen LogP contribution in [0.5, 0.6) is 0 Å². The molecule has 0 radical (unpaired) electrons. The van der Waals surface area contributed by atoms with E-state index in [0.29, 0.717) is 25.7 Å². The minimum Gasteiger partial charge on any atom is -0.479 e. The van der Waals surface area contributed by atoms with Gasteiger partial charge in [0.1, 0.15) is 0 Å². The van der Waals surface area contributed by atoms with Crippen molar-refractivity contribution in [2.24, 2.45) is 17.8 Å². The fraction of sp³-hybridized carbons (Fsp3) is 0.875. The first-order chi connectivity index (χ1) is 10.9. The zero-order valence-corrected chi connectivity index (χ0v) is 13.0. The molecule has 2 aliphatic carbocycles. The number of hydrogen-bond donors (Lipinski definition) is 2. The van der Waals surface area contributed by atoms with Gasteiger partial charge in [0.25, 0.3) is 5.92 Å².